The summed E-state index contributed by atoms with van der Waals surface area (Å²) in [5, 5.41) is 3.08. The Bertz CT molecular complexity index is 169. The third-order valence-electron chi connectivity index (χ3n) is 1.22. The Kier molecular flexibility index (Phi) is 7.54. The van der Waals surface area contributed by atoms with Crippen LogP contribution in [-0.4, -0.2) is 28.8 Å². The van der Waals surface area contributed by atoms with Crippen LogP contribution in [0.4, 0.5) is 0 Å². The molecule has 1 atom stereocenters. The Balaban J connectivity index is 3.12. The van der Waals surface area contributed by atoms with Gasteiger partial charge in [0.2, 0.25) is 0 Å². The highest BCUT2D eigenvalue weighted by Gasteiger charge is 1.92. The Morgan fingerprint density at radius 2 is 2.27 bits per heavy atom. The molecule has 0 amide bonds. The van der Waals surface area contributed by atoms with Gasteiger partial charge in [-0.2, -0.15) is 0 Å². The second-order valence-corrected chi connectivity index (χ2v) is 3.90. The highest BCUT2D eigenvalue weighted by molar-refractivity contribution is 7.84. The van der Waals surface area contributed by atoms with Crippen molar-refractivity contribution in [3.63, 3.8) is 0 Å². The smallest absolute Gasteiger partial charge is 0.0576 e. The topological polar surface area (TPSA) is 29.1 Å². The Morgan fingerprint density at radius 3 is 2.82 bits per heavy atom. The normalized spacial score (nSPS) is 11.8. The van der Waals surface area contributed by atoms with Crippen LogP contribution in [0.2, 0.25) is 0 Å². The van der Waals surface area contributed by atoms with Gasteiger partial charge in [0.05, 0.1) is 6.54 Å². The van der Waals surface area contributed by atoms with Crippen molar-refractivity contribution >= 4 is 10.8 Å². The van der Waals surface area contributed by atoms with Gasteiger partial charge in [-0.1, -0.05) is 12.8 Å². The summed E-state index contributed by atoms with van der Waals surface area (Å²) in [6, 6.07) is 0. The van der Waals surface area contributed by atoms with Gasteiger partial charge < -0.3 is 5.32 Å². The lowest BCUT2D eigenvalue weighted by atomic mass is 10.6. The highest BCUT2D eigenvalue weighted by atomic mass is 32.2. The van der Waals surface area contributed by atoms with E-state index in [1.807, 2.05) is 13.8 Å². The maximum absolute atomic E-state index is 10.9. The zero-order valence-corrected chi connectivity index (χ0v) is 7.96. The first-order chi connectivity index (χ1) is 5.31. The van der Waals surface area contributed by atoms with Gasteiger partial charge in [0.25, 0.3) is 0 Å². The van der Waals surface area contributed by atoms with Crippen LogP contribution >= 0.6 is 0 Å². The van der Waals surface area contributed by atoms with E-state index in [2.05, 4.69) is 17.2 Å². The predicted octanol–water partition coefficient (Wildman–Crippen LogP) is 0.368. The molecular weight excluding hydrogens is 158 g/mol. The molecule has 0 aromatic rings. The minimum Gasteiger partial charge on any atom is -0.305 e. The molecule has 3 heteroatoms. The molecule has 0 aliphatic carbocycles. The lowest BCUT2D eigenvalue weighted by Gasteiger charge is -1.98. The molecule has 0 rings (SSSR count). The minimum atomic E-state index is -0.643. The second kappa shape index (κ2) is 7.77. The van der Waals surface area contributed by atoms with Gasteiger partial charge in [-0.05, 0) is 6.92 Å². The molecule has 1 N–H and O–H groups in total. The number of nitrogens with one attached hydrogen (secondary N) is 1. The first-order valence-corrected chi connectivity index (χ1v) is 5.25. The molecule has 2 nitrogen and oxygen atoms in total. The summed E-state index contributed by atoms with van der Waals surface area (Å²) in [4.78, 5) is 0. The van der Waals surface area contributed by atoms with Crippen LogP contribution in [0.1, 0.15) is 13.8 Å². The molecule has 0 fully saturated rings. The van der Waals surface area contributed by atoms with E-state index in [-0.39, 0.29) is 0 Å². The molecule has 0 heterocycles. The number of hydrogen-bond acceptors (Lipinski definition) is 2. The van der Waals surface area contributed by atoms with E-state index in [1.54, 1.807) is 0 Å². The second-order valence-electron chi connectivity index (χ2n) is 2.04. The van der Waals surface area contributed by atoms with Crippen molar-refractivity contribution in [3.05, 3.63) is 0 Å². The molecule has 0 spiro atoms. The Morgan fingerprint density at radius 1 is 1.55 bits per heavy atom. The number of hydrogen-bond donors (Lipinski definition) is 1. The van der Waals surface area contributed by atoms with Crippen molar-refractivity contribution in [3.8, 4) is 11.8 Å². The van der Waals surface area contributed by atoms with Crippen LogP contribution in [0.15, 0.2) is 0 Å². The number of rotatable bonds is 5. The van der Waals surface area contributed by atoms with Crippen LogP contribution in [0.3, 0.4) is 0 Å². The summed E-state index contributed by atoms with van der Waals surface area (Å²) in [6.45, 7) is 5.25. The maximum Gasteiger partial charge on any atom is 0.0576 e. The van der Waals surface area contributed by atoms with Crippen LogP contribution in [0.5, 0.6) is 0 Å². The van der Waals surface area contributed by atoms with Crippen molar-refractivity contribution in [1.82, 2.24) is 5.32 Å². The molecular formula is C8H15NOS. The molecule has 0 bridgehead atoms. The summed E-state index contributed by atoms with van der Waals surface area (Å²) in [5.41, 5.74) is 0. The quantitative estimate of drug-likeness (QED) is 0.481. The lowest BCUT2D eigenvalue weighted by Crippen LogP contribution is -2.21. The summed E-state index contributed by atoms with van der Waals surface area (Å²) in [7, 11) is -0.643. The first kappa shape index (κ1) is 10.7. The van der Waals surface area contributed by atoms with Crippen molar-refractivity contribution < 1.29 is 4.21 Å². The van der Waals surface area contributed by atoms with Gasteiger partial charge in [0.15, 0.2) is 0 Å². The van der Waals surface area contributed by atoms with Gasteiger partial charge in [0.1, 0.15) is 0 Å². The zero-order chi connectivity index (χ0) is 8.53. The van der Waals surface area contributed by atoms with Crippen LogP contribution < -0.4 is 5.32 Å². The minimum absolute atomic E-state index is 0.643. The van der Waals surface area contributed by atoms with Gasteiger partial charge >= 0.3 is 0 Å². The highest BCUT2D eigenvalue weighted by Crippen LogP contribution is 1.77. The average Bonchev–Trinajstić information content (AvgIpc) is 2.04. The molecule has 0 saturated carbocycles. The van der Waals surface area contributed by atoms with Gasteiger partial charge in [-0.25, -0.2) is 0 Å². The standard InChI is InChI=1S/C8H15NOS/c1-3-5-6-9-7-8-11(10)4-2/h9H,4,6-8H2,1-2H3. The molecule has 0 saturated heterocycles. The third-order valence-corrected chi connectivity index (χ3v) is 2.52. The van der Waals surface area contributed by atoms with E-state index in [0.29, 0.717) is 6.54 Å². The van der Waals surface area contributed by atoms with E-state index in [0.717, 1.165) is 18.1 Å². The third kappa shape index (κ3) is 7.57. The Hall–Kier alpha value is -0.330. The average molecular weight is 173 g/mol. The SMILES string of the molecule is CC#CCNCCS(=O)CC. The summed E-state index contributed by atoms with van der Waals surface area (Å²) in [5.74, 6) is 7.15. The fraction of sp³-hybridized carbons (Fsp3) is 0.750. The zero-order valence-electron chi connectivity index (χ0n) is 7.14. The molecule has 0 aromatic carbocycles. The first-order valence-electron chi connectivity index (χ1n) is 3.76. The molecule has 0 radical (unpaired) electrons. The summed E-state index contributed by atoms with van der Waals surface area (Å²) in [6.07, 6.45) is 0. The fourth-order valence-corrected chi connectivity index (χ4v) is 1.23. The summed E-state index contributed by atoms with van der Waals surface area (Å²) >= 11 is 0. The largest absolute Gasteiger partial charge is 0.305 e. The molecule has 1 unspecified atom stereocenters. The van der Waals surface area contributed by atoms with E-state index in [9.17, 15) is 4.21 Å². The van der Waals surface area contributed by atoms with E-state index < -0.39 is 10.8 Å². The molecule has 0 aromatic heterocycles. The van der Waals surface area contributed by atoms with Crippen molar-refractivity contribution in [1.29, 1.82) is 0 Å². The van der Waals surface area contributed by atoms with E-state index in [1.165, 1.54) is 0 Å². The molecule has 0 aliphatic rings. The van der Waals surface area contributed by atoms with Gasteiger partial charge in [-0.3, -0.25) is 4.21 Å². The monoisotopic (exact) mass is 173 g/mol. The van der Waals surface area contributed by atoms with Gasteiger partial charge in [-0.15, -0.1) is 5.92 Å². The van der Waals surface area contributed by atoms with E-state index >= 15 is 0 Å². The van der Waals surface area contributed by atoms with Crippen molar-refractivity contribution in [2.45, 2.75) is 13.8 Å². The molecule has 64 valence electrons. The van der Waals surface area contributed by atoms with E-state index in [4.69, 9.17) is 0 Å². The fourth-order valence-electron chi connectivity index (χ4n) is 0.570. The predicted molar refractivity (Wildman–Crippen MR) is 49.9 cm³/mol. The molecule has 0 aliphatic heterocycles. The van der Waals surface area contributed by atoms with Crippen molar-refractivity contribution in [2.75, 3.05) is 24.6 Å². The summed E-state index contributed by atoms with van der Waals surface area (Å²) < 4.78 is 10.9. The Labute approximate surface area is 71.2 Å². The lowest BCUT2D eigenvalue weighted by molar-refractivity contribution is 0.679. The van der Waals surface area contributed by atoms with Crippen molar-refractivity contribution in [2.24, 2.45) is 0 Å². The van der Waals surface area contributed by atoms with Crippen LogP contribution in [0, 0.1) is 11.8 Å². The van der Waals surface area contributed by atoms with Gasteiger partial charge in [0, 0.05) is 28.9 Å². The van der Waals surface area contributed by atoms with Crippen LogP contribution in [0.25, 0.3) is 0 Å². The van der Waals surface area contributed by atoms with Crippen LogP contribution in [-0.2, 0) is 10.8 Å². The maximum atomic E-state index is 10.9. The molecule has 11 heavy (non-hydrogen) atoms.